The van der Waals surface area contributed by atoms with Gasteiger partial charge in [-0.2, -0.15) is 0 Å². The van der Waals surface area contributed by atoms with Crippen LogP contribution in [0.5, 0.6) is 11.5 Å². The molecule has 5 rings (SSSR count). The van der Waals surface area contributed by atoms with Gasteiger partial charge in [-0.25, -0.2) is 0 Å². The Bertz CT molecular complexity index is 1320. The summed E-state index contributed by atoms with van der Waals surface area (Å²) in [6.45, 7) is 7.15. The van der Waals surface area contributed by atoms with E-state index in [0.717, 1.165) is 39.1 Å². The van der Waals surface area contributed by atoms with E-state index in [1.54, 1.807) is 7.11 Å². The molecule has 0 aromatic heterocycles. The van der Waals surface area contributed by atoms with Crippen LogP contribution < -0.4 is 14.9 Å². The molecule has 174 valence electrons. The van der Waals surface area contributed by atoms with Crippen LogP contribution in [0.15, 0.2) is 78.9 Å². The van der Waals surface area contributed by atoms with E-state index in [-0.39, 0.29) is 11.6 Å². The second-order valence-corrected chi connectivity index (χ2v) is 10.0. The van der Waals surface area contributed by atoms with Crippen molar-refractivity contribution in [2.45, 2.75) is 38.9 Å². The molecule has 5 heteroatoms. The highest BCUT2D eigenvalue weighted by Crippen LogP contribution is 2.55. The highest BCUT2D eigenvalue weighted by Gasteiger charge is 2.44. The molecule has 0 bridgehead atoms. The lowest BCUT2D eigenvalue weighted by Gasteiger charge is -2.35. The van der Waals surface area contributed by atoms with Crippen LogP contribution in [-0.2, 0) is 6.54 Å². The molecule has 4 nitrogen and oxygen atoms in total. The van der Waals surface area contributed by atoms with Gasteiger partial charge in [0.1, 0.15) is 6.04 Å². The summed E-state index contributed by atoms with van der Waals surface area (Å²) in [5, 5.41) is 8.37. The Labute approximate surface area is 206 Å². The van der Waals surface area contributed by atoms with E-state index in [1.807, 2.05) is 42.5 Å². The van der Waals surface area contributed by atoms with Crippen molar-refractivity contribution >= 4 is 28.1 Å². The molecule has 0 spiro atoms. The molecule has 1 N–H and O–H groups in total. The molecule has 1 unspecified atom stereocenters. The van der Waals surface area contributed by atoms with Gasteiger partial charge in [-0.15, -0.1) is 5.06 Å². The molecule has 4 aromatic carbocycles. The van der Waals surface area contributed by atoms with Gasteiger partial charge < -0.3 is 14.9 Å². The Kier molecular flexibility index (Phi) is 5.88. The quantitative estimate of drug-likeness (QED) is 0.324. The summed E-state index contributed by atoms with van der Waals surface area (Å²) in [7, 11) is 1.72. The standard InChI is InChI=1S/C29H29ClN2O2/c1-29(2,3)32-26(20-13-9-6-10-14-20)24-27(34-32)22-16-15-21(30)17-23(22)25(28(24)33-4)31-18-19-11-7-5-8-12-19/h5-17,26,31H,18H2,1-4H3. The molecular weight excluding hydrogens is 444 g/mol. The van der Waals surface area contributed by atoms with Crippen molar-refractivity contribution in [3.05, 3.63) is 101 Å². The molecule has 1 aliphatic rings. The first-order valence-electron chi connectivity index (χ1n) is 11.5. The third-order valence-corrected chi connectivity index (χ3v) is 6.44. The predicted molar refractivity (Wildman–Crippen MR) is 140 cm³/mol. The maximum absolute atomic E-state index is 6.63. The number of ether oxygens (including phenoxy) is 1. The van der Waals surface area contributed by atoms with Crippen molar-refractivity contribution in [1.82, 2.24) is 5.06 Å². The summed E-state index contributed by atoms with van der Waals surface area (Å²) in [4.78, 5) is 6.63. The molecule has 1 atom stereocenters. The van der Waals surface area contributed by atoms with Crippen LogP contribution in [0.3, 0.4) is 0 Å². The van der Waals surface area contributed by atoms with Crippen LogP contribution in [0.2, 0.25) is 5.02 Å². The normalized spacial score (nSPS) is 15.7. The largest absolute Gasteiger partial charge is 0.494 e. The zero-order valence-corrected chi connectivity index (χ0v) is 20.7. The summed E-state index contributed by atoms with van der Waals surface area (Å²) >= 11 is 6.46. The number of anilines is 1. The zero-order chi connectivity index (χ0) is 23.9. The van der Waals surface area contributed by atoms with Crippen molar-refractivity contribution in [1.29, 1.82) is 0 Å². The molecule has 4 aromatic rings. The minimum absolute atomic E-state index is 0.122. The number of nitrogens with one attached hydrogen (secondary N) is 1. The van der Waals surface area contributed by atoms with Crippen LogP contribution in [0.25, 0.3) is 10.8 Å². The van der Waals surface area contributed by atoms with Crippen molar-refractivity contribution in [2.75, 3.05) is 12.4 Å². The highest BCUT2D eigenvalue weighted by molar-refractivity contribution is 6.31. The number of halogens is 1. The molecule has 34 heavy (non-hydrogen) atoms. The van der Waals surface area contributed by atoms with E-state index in [4.69, 9.17) is 21.2 Å². The summed E-state index contributed by atoms with van der Waals surface area (Å²) in [6.07, 6.45) is 0. The first kappa shape index (κ1) is 22.6. The number of rotatable bonds is 5. The maximum atomic E-state index is 6.63. The van der Waals surface area contributed by atoms with E-state index in [1.165, 1.54) is 5.56 Å². The summed E-state index contributed by atoms with van der Waals surface area (Å²) in [6, 6.07) is 26.6. The van der Waals surface area contributed by atoms with Crippen molar-refractivity contribution in [2.24, 2.45) is 0 Å². The minimum atomic E-state index is -0.249. The summed E-state index contributed by atoms with van der Waals surface area (Å²) in [5.74, 6) is 1.60. The highest BCUT2D eigenvalue weighted by atomic mass is 35.5. The fraction of sp³-hybridized carbons (Fsp3) is 0.241. The lowest BCUT2D eigenvalue weighted by molar-refractivity contribution is -0.128. The van der Waals surface area contributed by atoms with Crippen molar-refractivity contribution in [3.63, 3.8) is 0 Å². The Morgan fingerprint density at radius 3 is 2.26 bits per heavy atom. The Hall–Kier alpha value is -3.21. The molecule has 0 saturated heterocycles. The SMILES string of the molecule is COc1c2c(c3ccc(Cl)cc3c1NCc1ccccc1)ON(C(C)(C)C)C2c1ccccc1. The van der Waals surface area contributed by atoms with Crippen molar-refractivity contribution < 1.29 is 9.57 Å². The van der Waals surface area contributed by atoms with Gasteiger partial charge in [0.2, 0.25) is 0 Å². The number of nitrogens with zero attached hydrogens (tertiary/aromatic N) is 1. The molecular formula is C29H29ClN2O2. The smallest absolute Gasteiger partial charge is 0.164 e. The zero-order valence-electron chi connectivity index (χ0n) is 19.9. The first-order valence-corrected chi connectivity index (χ1v) is 11.9. The Morgan fingerprint density at radius 1 is 0.941 bits per heavy atom. The van der Waals surface area contributed by atoms with Crippen LogP contribution >= 0.6 is 11.6 Å². The molecule has 0 amide bonds. The van der Waals surface area contributed by atoms with Gasteiger partial charge in [-0.3, -0.25) is 0 Å². The van der Waals surface area contributed by atoms with E-state index in [9.17, 15) is 0 Å². The van der Waals surface area contributed by atoms with E-state index >= 15 is 0 Å². The van der Waals surface area contributed by atoms with Crippen LogP contribution in [0, 0.1) is 0 Å². The monoisotopic (exact) mass is 472 g/mol. The molecule has 0 saturated carbocycles. The Balaban J connectivity index is 1.76. The fourth-order valence-corrected chi connectivity index (χ4v) is 4.85. The van der Waals surface area contributed by atoms with Gasteiger partial charge in [-0.05, 0) is 50.1 Å². The third kappa shape index (κ3) is 3.97. The van der Waals surface area contributed by atoms with Gasteiger partial charge in [-0.1, -0.05) is 72.3 Å². The lowest BCUT2D eigenvalue weighted by Crippen LogP contribution is -2.43. The average molecular weight is 473 g/mol. The number of methoxy groups -OCH3 is 1. The molecule has 1 heterocycles. The van der Waals surface area contributed by atoms with Gasteiger partial charge in [0, 0.05) is 27.9 Å². The molecule has 1 aliphatic heterocycles. The third-order valence-electron chi connectivity index (χ3n) is 6.20. The molecule has 0 aliphatic carbocycles. The first-order chi connectivity index (χ1) is 16.4. The van der Waals surface area contributed by atoms with Gasteiger partial charge in [0.25, 0.3) is 0 Å². The second-order valence-electron chi connectivity index (χ2n) is 9.58. The van der Waals surface area contributed by atoms with Crippen LogP contribution in [0.1, 0.15) is 43.5 Å². The molecule has 0 radical (unpaired) electrons. The van der Waals surface area contributed by atoms with Gasteiger partial charge in [0.05, 0.1) is 18.4 Å². The van der Waals surface area contributed by atoms with Crippen molar-refractivity contribution in [3.8, 4) is 11.5 Å². The maximum Gasteiger partial charge on any atom is 0.164 e. The summed E-state index contributed by atoms with van der Waals surface area (Å²) < 4.78 is 6.13. The van der Waals surface area contributed by atoms with Crippen LogP contribution in [0.4, 0.5) is 5.69 Å². The van der Waals surface area contributed by atoms with Gasteiger partial charge in [0.15, 0.2) is 11.5 Å². The Morgan fingerprint density at radius 2 is 1.62 bits per heavy atom. The topological polar surface area (TPSA) is 33.7 Å². The number of hydroxylamine groups is 2. The number of benzene rings is 4. The molecule has 0 fully saturated rings. The van der Waals surface area contributed by atoms with E-state index in [0.29, 0.717) is 11.6 Å². The van der Waals surface area contributed by atoms with E-state index < -0.39 is 0 Å². The van der Waals surface area contributed by atoms with Crippen LogP contribution in [-0.4, -0.2) is 17.7 Å². The fourth-order valence-electron chi connectivity index (χ4n) is 4.68. The van der Waals surface area contributed by atoms with Gasteiger partial charge >= 0.3 is 0 Å². The number of hydrogen-bond donors (Lipinski definition) is 1. The number of hydrogen-bond acceptors (Lipinski definition) is 4. The minimum Gasteiger partial charge on any atom is -0.494 e. The lowest BCUT2D eigenvalue weighted by atomic mass is 9.91. The summed E-state index contributed by atoms with van der Waals surface area (Å²) in [5.41, 5.74) is 4.03. The van der Waals surface area contributed by atoms with E-state index in [2.05, 4.69) is 67.5 Å². The average Bonchev–Trinajstić information content (AvgIpc) is 3.24. The number of fused-ring (bicyclic) bond motifs is 3. The second kappa shape index (κ2) is 8.86. The predicted octanol–water partition coefficient (Wildman–Crippen LogP) is 7.61.